The van der Waals surface area contributed by atoms with Gasteiger partial charge in [0.1, 0.15) is 5.69 Å². The minimum atomic E-state index is -0.614. The molecule has 2 aromatic rings. The molecule has 0 radical (unpaired) electrons. The van der Waals surface area contributed by atoms with Crippen LogP contribution in [0.3, 0.4) is 0 Å². The van der Waals surface area contributed by atoms with Gasteiger partial charge < -0.3 is 11.1 Å². The second-order valence-electron chi connectivity index (χ2n) is 6.22. The molecule has 0 atom stereocenters. The lowest BCUT2D eigenvalue weighted by atomic mass is 10.0. The van der Waals surface area contributed by atoms with Crippen LogP contribution in [0.2, 0.25) is 0 Å². The van der Waals surface area contributed by atoms with Gasteiger partial charge in [0.2, 0.25) is 0 Å². The molecule has 0 aliphatic heterocycles. The maximum absolute atomic E-state index is 12.3. The molecule has 1 aliphatic carbocycles. The fourth-order valence-corrected chi connectivity index (χ4v) is 3.21. The van der Waals surface area contributed by atoms with E-state index >= 15 is 0 Å². The number of primary amides is 1. The molecule has 6 heteroatoms. The third-order valence-corrected chi connectivity index (χ3v) is 4.51. The van der Waals surface area contributed by atoms with Crippen molar-refractivity contribution < 1.29 is 9.59 Å². The average Bonchev–Trinajstić information content (AvgIpc) is 3.25. The van der Waals surface area contributed by atoms with Crippen LogP contribution in [0.4, 0.5) is 0 Å². The van der Waals surface area contributed by atoms with Crippen LogP contribution in [0.1, 0.15) is 53.1 Å². The smallest absolute Gasteiger partial charge is 0.271 e. The molecule has 1 aromatic heterocycles. The maximum Gasteiger partial charge on any atom is 0.271 e. The number of rotatable bonds is 6. The van der Waals surface area contributed by atoms with Crippen LogP contribution in [-0.2, 0) is 0 Å². The first-order valence-corrected chi connectivity index (χ1v) is 8.38. The highest BCUT2D eigenvalue weighted by Gasteiger charge is 2.19. The SMILES string of the molecule is NC(=O)c1cc(C(=O)NCCC2CCCC2)nn1-c1ccccc1. The molecule has 1 aliphatic rings. The molecule has 2 amide bonds. The first kappa shape index (κ1) is 16.2. The van der Waals surface area contributed by atoms with Crippen molar-refractivity contribution in [1.29, 1.82) is 0 Å². The van der Waals surface area contributed by atoms with E-state index < -0.39 is 5.91 Å². The summed E-state index contributed by atoms with van der Waals surface area (Å²) in [6.07, 6.45) is 6.09. The third kappa shape index (κ3) is 3.64. The Morgan fingerprint density at radius 1 is 1.21 bits per heavy atom. The minimum absolute atomic E-state index is 0.196. The maximum atomic E-state index is 12.3. The van der Waals surface area contributed by atoms with E-state index in [-0.39, 0.29) is 17.3 Å². The second-order valence-corrected chi connectivity index (χ2v) is 6.22. The standard InChI is InChI=1S/C18H22N4O2/c19-17(23)16-12-15(21-22(16)14-8-2-1-3-9-14)18(24)20-11-10-13-6-4-5-7-13/h1-3,8-9,12-13H,4-7,10-11H2,(H2,19,23)(H,20,24). The quantitative estimate of drug-likeness (QED) is 0.853. The van der Waals surface area contributed by atoms with Gasteiger partial charge in [0.15, 0.2) is 5.69 Å². The van der Waals surface area contributed by atoms with Crippen LogP contribution in [0.15, 0.2) is 36.4 Å². The molecule has 3 N–H and O–H groups in total. The van der Waals surface area contributed by atoms with Gasteiger partial charge in [-0.05, 0) is 24.5 Å². The number of carbonyl (C=O) groups is 2. The fourth-order valence-electron chi connectivity index (χ4n) is 3.21. The number of benzene rings is 1. The molecule has 0 bridgehead atoms. The Hall–Kier alpha value is -2.63. The summed E-state index contributed by atoms with van der Waals surface area (Å²) in [6, 6.07) is 10.6. The zero-order valence-electron chi connectivity index (χ0n) is 13.6. The normalized spacial score (nSPS) is 14.7. The van der Waals surface area contributed by atoms with E-state index in [4.69, 9.17) is 5.73 Å². The Bertz CT molecular complexity index is 718. The molecule has 3 rings (SSSR count). The molecule has 24 heavy (non-hydrogen) atoms. The first-order valence-electron chi connectivity index (χ1n) is 8.38. The van der Waals surface area contributed by atoms with Crippen molar-refractivity contribution in [1.82, 2.24) is 15.1 Å². The highest BCUT2D eigenvalue weighted by molar-refractivity contribution is 5.97. The van der Waals surface area contributed by atoms with Gasteiger partial charge in [0.05, 0.1) is 5.69 Å². The summed E-state index contributed by atoms with van der Waals surface area (Å²) in [6.45, 7) is 0.633. The van der Waals surface area contributed by atoms with Crippen molar-refractivity contribution >= 4 is 11.8 Å². The summed E-state index contributed by atoms with van der Waals surface area (Å²) in [5.41, 5.74) is 6.51. The Labute approximate surface area is 141 Å². The van der Waals surface area contributed by atoms with E-state index in [2.05, 4.69) is 10.4 Å². The number of hydrogen-bond acceptors (Lipinski definition) is 3. The summed E-state index contributed by atoms with van der Waals surface area (Å²) in [5, 5.41) is 7.15. The van der Waals surface area contributed by atoms with Gasteiger partial charge in [-0.15, -0.1) is 0 Å². The number of hydrogen-bond donors (Lipinski definition) is 2. The lowest BCUT2D eigenvalue weighted by Gasteiger charge is -2.08. The van der Waals surface area contributed by atoms with Crippen LogP contribution in [0.25, 0.3) is 5.69 Å². The Balaban J connectivity index is 1.71. The monoisotopic (exact) mass is 326 g/mol. The summed E-state index contributed by atoms with van der Waals surface area (Å²) >= 11 is 0. The molecule has 0 spiro atoms. The Kier molecular flexibility index (Phi) is 4.93. The van der Waals surface area contributed by atoms with E-state index in [0.717, 1.165) is 6.42 Å². The highest BCUT2D eigenvalue weighted by atomic mass is 16.2. The highest BCUT2D eigenvalue weighted by Crippen LogP contribution is 2.26. The van der Waals surface area contributed by atoms with Crippen molar-refractivity contribution in [3.05, 3.63) is 47.8 Å². The second kappa shape index (κ2) is 7.29. The Morgan fingerprint density at radius 2 is 1.92 bits per heavy atom. The van der Waals surface area contributed by atoms with Crippen molar-refractivity contribution in [2.45, 2.75) is 32.1 Å². The van der Waals surface area contributed by atoms with E-state index in [1.165, 1.54) is 36.4 Å². The topological polar surface area (TPSA) is 90.0 Å². The first-order chi connectivity index (χ1) is 11.6. The van der Waals surface area contributed by atoms with Crippen LogP contribution in [-0.4, -0.2) is 28.1 Å². The van der Waals surface area contributed by atoms with Crippen LogP contribution < -0.4 is 11.1 Å². The van der Waals surface area contributed by atoms with E-state index in [0.29, 0.717) is 18.2 Å². The van der Waals surface area contributed by atoms with Gasteiger partial charge in [-0.25, -0.2) is 4.68 Å². The summed E-state index contributed by atoms with van der Waals surface area (Å²) < 4.78 is 1.41. The molecule has 0 unspecified atom stereocenters. The van der Waals surface area contributed by atoms with Gasteiger partial charge in [-0.3, -0.25) is 9.59 Å². The van der Waals surface area contributed by atoms with Gasteiger partial charge in [0, 0.05) is 12.6 Å². The van der Waals surface area contributed by atoms with Crippen molar-refractivity contribution in [2.24, 2.45) is 11.7 Å². The van der Waals surface area contributed by atoms with Crippen LogP contribution >= 0.6 is 0 Å². The molecule has 6 nitrogen and oxygen atoms in total. The van der Waals surface area contributed by atoms with Gasteiger partial charge in [-0.1, -0.05) is 43.9 Å². The lowest BCUT2D eigenvalue weighted by Crippen LogP contribution is -2.26. The van der Waals surface area contributed by atoms with Crippen LogP contribution in [0, 0.1) is 5.92 Å². The van der Waals surface area contributed by atoms with E-state index in [1.54, 1.807) is 12.1 Å². The van der Waals surface area contributed by atoms with Gasteiger partial charge in [0.25, 0.3) is 11.8 Å². The van der Waals surface area contributed by atoms with Gasteiger partial charge >= 0.3 is 0 Å². The number of nitrogens with two attached hydrogens (primary N) is 1. The number of amides is 2. The van der Waals surface area contributed by atoms with Crippen LogP contribution in [0.5, 0.6) is 0 Å². The van der Waals surface area contributed by atoms with Crippen molar-refractivity contribution in [3.8, 4) is 5.69 Å². The summed E-state index contributed by atoms with van der Waals surface area (Å²) in [4.78, 5) is 23.9. The van der Waals surface area contributed by atoms with E-state index in [1.807, 2.05) is 18.2 Å². The third-order valence-electron chi connectivity index (χ3n) is 4.51. The molecular weight excluding hydrogens is 304 g/mol. The Morgan fingerprint density at radius 3 is 2.58 bits per heavy atom. The zero-order valence-corrected chi connectivity index (χ0v) is 13.6. The lowest BCUT2D eigenvalue weighted by molar-refractivity contribution is 0.0945. The molecule has 1 heterocycles. The minimum Gasteiger partial charge on any atom is -0.364 e. The number of carbonyl (C=O) groups excluding carboxylic acids is 2. The number of nitrogens with one attached hydrogen (secondary N) is 1. The fraction of sp³-hybridized carbons (Fsp3) is 0.389. The summed E-state index contributed by atoms with van der Waals surface area (Å²) in [7, 11) is 0. The molecule has 1 fully saturated rings. The molecular formula is C18H22N4O2. The predicted octanol–water partition coefficient (Wildman–Crippen LogP) is 2.28. The molecule has 1 saturated carbocycles. The molecule has 0 saturated heterocycles. The predicted molar refractivity (Wildman–Crippen MR) is 91.0 cm³/mol. The van der Waals surface area contributed by atoms with Gasteiger partial charge in [-0.2, -0.15) is 5.10 Å². The number of para-hydroxylation sites is 1. The van der Waals surface area contributed by atoms with Crippen molar-refractivity contribution in [2.75, 3.05) is 6.54 Å². The molecule has 1 aromatic carbocycles. The zero-order chi connectivity index (χ0) is 16.9. The largest absolute Gasteiger partial charge is 0.364 e. The van der Waals surface area contributed by atoms with Crippen molar-refractivity contribution in [3.63, 3.8) is 0 Å². The molecule has 126 valence electrons. The number of aromatic nitrogens is 2. The number of nitrogens with zero attached hydrogens (tertiary/aromatic N) is 2. The average molecular weight is 326 g/mol. The van der Waals surface area contributed by atoms with E-state index in [9.17, 15) is 9.59 Å². The summed E-state index contributed by atoms with van der Waals surface area (Å²) in [5.74, 6) is -0.171.